The lowest BCUT2D eigenvalue weighted by molar-refractivity contribution is -0.117. The summed E-state index contributed by atoms with van der Waals surface area (Å²) in [4.78, 5) is 11.5. The second kappa shape index (κ2) is 5.63. The fourth-order valence-electron chi connectivity index (χ4n) is 1.30. The maximum Gasteiger partial charge on any atom is 0.241 e. The molecule has 0 aromatic heterocycles. The summed E-state index contributed by atoms with van der Waals surface area (Å²) in [6, 6.07) is 3.75. The SMILES string of the molecule is CC(C)Nc1ccc(F)cc1NC(=O)C(C)N. The van der Waals surface area contributed by atoms with E-state index in [2.05, 4.69) is 10.6 Å². The third kappa shape index (κ3) is 4.03. The number of benzene rings is 1. The van der Waals surface area contributed by atoms with E-state index in [9.17, 15) is 9.18 Å². The van der Waals surface area contributed by atoms with Gasteiger partial charge in [-0.3, -0.25) is 4.79 Å². The first-order valence-corrected chi connectivity index (χ1v) is 5.52. The maximum atomic E-state index is 13.1. The summed E-state index contributed by atoms with van der Waals surface area (Å²) in [6.45, 7) is 5.49. The molecule has 4 N–H and O–H groups in total. The lowest BCUT2D eigenvalue weighted by Gasteiger charge is -2.16. The Labute approximate surface area is 100 Å². The normalized spacial score (nSPS) is 12.4. The van der Waals surface area contributed by atoms with Crippen molar-refractivity contribution in [3.63, 3.8) is 0 Å². The Morgan fingerprint density at radius 1 is 1.29 bits per heavy atom. The van der Waals surface area contributed by atoms with Gasteiger partial charge >= 0.3 is 0 Å². The van der Waals surface area contributed by atoms with Gasteiger partial charge in [0.05, 0.1) is 17.4 Å². The van der Waals surface area contributed by atoms with E-state index in [0.29, 0.717) is 11.4 Å². The van der Waals surface area contributed by atoms with Crippen LogP contribution in [0, 0.1) is 5.82 Å². The summed E-state index contributed by atoms with van der Waals surface area (Å²) < 4.78 is 13.1. The van der Waals surface area contributed by atoms with Gasteiger partial charge in [-0.15, -0.1) is 0 Å². The van der Waals surface area contributed by atoms with Crippen LogP contribution in [0.25, 0.3) is 0 Å². The number of halogens is 1. The van der Waals surface area contributed by atoms with E-state index in [-0.39, 0.29) is 11.9 Å². The lowest BCUT2D eigenvalue weighted by Crippen LogP contribution is -2.32. The molecule has 1 amide bonds. The number of anilines is 2. The molecule has 0 aliphatic rings. The van der Waals surface area contributed by atoms with Crippen LogP contribution in [0.1, 0.15) is 20.8 Å². The Bertz CT molecular complexity index is 405. The summed E-state index contributed by atoms with van der Waals surface area (Å²) in [5.74, 6) is -0.748. The average Bonchev–Trinajstić information content (AvgIpc) is 2.21. The zero-order chi connectivity index (χ0) is 13.0. The minimum absolute atomic E-state index is 0.186. The number of carbonyl (C=O) groups excluding carboxylic acids is 1. The summed E-state index contributed by atoms with van der Waals surface area (Å²) in [5, 5.41) is 5.71. The van der Waals surface area contributed by atoms with Crippen LogP contribution in [0.4, 0.5) is 15.8 Å². The van der Waals surface area contributed by atoms with Crippen LogP contribution in [-0.4, -0.2) is 18.0 Å². The molecule has 17 heavy (non-hydrogen) atoms. The molecule has 4 nitrogen and oxygen atoms in total. The molecule has 0 radical (unpaired) electrons. The monoisotopic (exact) mass is 239 g/mol. The highest BCUT2D eigenvalue weighted by Gasteiger charge is 2.11. The zero-order valence-electron chi connectivity index (χ0n) is 10.3. The number of amides is 1. The van der Waals surface area contributed by atoms with E-state index in [1.54, 1.807) is 13.0 Å². The molecule has 0 fully saturated rings. The third-order valence-corrected chi connectivity index (χ3v) is 2.10. The number of nitrogens with one attached hydrogen (secondary N) is 2. The molecule has 0 saturated heterocycles. The third-order valence-electron chi connectivity index (χ3n) is 2.10. The molecule has 1 atom stereocenters. The van der Waals surface area contributed by atoms with Gasteiger partial charge in [0.1, 0.15) is 5.82 Å². The van der Waals surface area contributed by atoms with Crippen LogP contribution < -0.4 is 16.4 Å². The van der Waals surface area contributed by atoms with Crippen molar-refractivity contribution in [3.05, 3.63) is 24.0 Å². The van der Waals surface area contributed by atoms with Gasteiger partial charge in [-0.2, -0.15) is 0 Å². The van der Waals surface area contributed by atoms with Gasteiger partial charge < -0.3 is 16.4 Å². The largest absolute Gasteiger partial charge is 0.381 e. The van der Waals surface area contributed by atoms with Crippen molar-refractivity contribution >= 4 is 17.3 Å². The first-order chi connectivity index (χ1) is 7.90. The number of hydrogen-bond donors (Lipinski definition) is 3. The summed E-state index contributed by atoms with van der Waals surface area (Å²) >= 11 is 0. The standard InChI is InChI=1S/C12H18FN3O/c1-7(2)15-10-5-4-9(13)6-11(10)16-12(17)8(3)14/h4-8,15H,14H2,1-3H3,(H,16,17). The second-order valence-electron chi connectivity index (χ2n) is 4.27. The van der Waals surface area contributed by atoms with Crippen LogP contribution in [0.2, 0.25) is 0 Å². The zero-order valence-corrected chi connectivity index (χ0v) is 10.3. The summed E-state index contributed by atoms with van der Waals surface area (Å²) in [5.41, 5.74) is 6.53. The topological polar surface area (TPSA) is 67.1 Å². The Morgan fingerprint density at radius 3 is 2.47 bits per heavy atom. The van der Waals surface area contributed by atoms with E-state index in [4.69, 9.17) is 5.73 Å². The molecular formula is C12H18FN3O. The molecule has 1 rings (SSSR count). The van der Waals surface area contributed by atoms with Crippen molar-refractivity contribution in [2.45, 2.75) is 32.9 Å². The quantitative estimate of drug-likeness (QED) is 0.752. The minimum atomic E-state index is -0.634. The highest BCUT2D eigenvalue weighted by molar-refractivity contribution is 5.97. The van der Waals surface area contributed by atoms with Crippen molar-refractivity contribution in [2.75, 3.05) is 10.6 Å². The molecule has 1 aromatic carbocycles. The summed E-state index contributed by atoms with van der Waals surface area (Å²) in [7, 11) is 0. The Kier molecular flexibility index (Phi) is 4.45. The van der Waals surface area contributed by atoms with Crippen LogP contribution in [0.15, 0.2) is 18.2 Å². The van der Waals surface area contributed by atoms with Gasteiger partial charge in [-0.25, -0.2) is 4.39 Å². The Balaban J connectivity index is 2.94. The molecule has 0 aliphatic carbocycles. The molecular weight excluding hydrogens is 221 g/mol. The van der Waals surface area contributed by atoms with Crippen LogP contribution >= 0.6 is 0 Å². The molecule has 5 heteroatoms. The van der Waals surface area contributed by atoms with Crippen molar-refractivity contribution in [3.8, 4) is 0 Å². The van der Waals surface area contributed by atoms with Crippen LogP contribution in [0.3, 0.4) is 0 Å². The van der Waals surface area contributed by atoms with Crippen LogP contribution in [-0.2, 0) is 4.79 Å². The molecule has 1 aromatic rings. The molecule has 0 aliphatic heterocycles. The lowest BCUT2D eigenvalue weighted by atomic mass is 10.2. The van der Waals surface area contributed by atoms with E-state index in [1.165, 1.54) is 12.1 Å². The Hall–Kier alpha value is -1.62. The second-order valence-corrected chi connectivity index (χ2v) is 4.27. The smallest absolute Gasteiger partial charge is 0.241 e. The minimum Gasteiger partial charge on any atom is -0.381 e. The number of nitrogens with two attached hydrogens (primary N) is 1. The first kappa shape index (κ1) is 13.4. The maximum absolute atomic E-state index is 13.1. The van der Waals surface area contributed by atoms with E-state index >= 15 is 0 Å². The van der Waals surface area contributed by atoms with E-state index in [1.807, 2.05) is 13.8 Å². The summed E-state index contributed by atoms with van der Waals surface area (Å²) in [6.07, 6.45) is 0. The molecule has 0 bridgehead atoms. The number of rotatable bonds is 4. The van der Waals surface area contributed by atoms with E-state index in [0.717, 1.165) is 0 Å². The van der Waals surface area contributed by atoms with Crippen molar-refractivity contribution < 1.29 is 9.18 Å². The molecule has 0 saturated carbocycles. The van der Waals surface area contributed by atoms with Gasteiger partial charge in [-0.1, -0.05) is 0 Å². The molecule has 0 spiro atoms. The first-order valence-electron chi connectivity index (χ1n) is 5.52. The van der Waals surface area contributed by atoms with Gasteiger partial charge in [0.25, 0.3) is 0 Å². The van der Waals surface area contributed by atoms with E-state index < -0.39 is 11.9 Å². The Morgan fingerprint density at radius 2 is 1.94 bits per heavy atom. The van der Waals surface area contributed by atoms with Gasteiger partial charge in [-0.05, 0) is 39.0 Å². The highest BCUT2D eigenvalue weighted by Crippen LogP contribution is 2.23. The highest BCUT2D eigenvalue weighted by atomic mass is 19.1. The number of hydrogen-bond acceptors (Lipinski definition) is 3. The van der Waals surface area contributed by atoms with Crippen LogP contribution in [0.5, 0.6) is 0 Å². The average molecular weight is 239 g/mol. The van der Waals surface area contributed by atoms with Gasteiger partial charge in [0.2, 0.25) is 5.91 Å². The predicted molar refractivity (Wildman–Crippen MR) is 67.4 cm³/mol. The predicted octanol–water partition coefficient (Wildman–Crippen LogP) is 1.93. The van der Waals surface area contributed by atoms with Crippen molar-refractivity contribution in [1.82, 2.24) is 0 Å². The molecule has 0 heterocycles. The van der Waals surface area contributed by atoms with Crippen molar-refractivity contribution in [2.24, 2.45) is 5.73 Å². The fraction of sp³-hybridized carbons (Fsp3) is 0.417. The fourth-order valence-corrected chi connectivity index (χ4v) is 1.30. The molecule has 1 unspecified atom stereocenters. The van der Waals surface area contributed by atoms with Gasteiger partial charge in [0.15, 0.2) is 0 Å². The van der Waals surface area contributed by atoms with Crippen molar-refractivity contribution in [1.29, 1.82) is 0 Å². The molecule has 94 valence electrons. The number of carbonyl (C=O) groups is 1. The van der Waals surface area contributed by atoms with Gasteiger partial charge in [0, 0.05) is 6.04 Å².